The zero-order valence-corrected chi connectivity index (χ0v) is 18.0. The number of hydrogen-bond donors (Lipinski definition) is 1. The lowest BCUT2D eigenvalue weighted by Gasteiger charge is -2.09. The summed E-state index contributed by atoms with van der Waals surface area (Å²) < 4.78 is 6.18. The summed E-state index contributed by atoms with van der Waals surface area (Å²) in [6, 6.07) is 17.2. The van der Waals surface area contributed by atoms with Crippen molar-refractivity contribution in [1.82, 2.24) is 23.1 Å². The minimum absolute atomic E-state index is 0.111. The van der Waals surface area contributed by atoms with Crippen molar-refractivity contribution < 1.29 is 5.11 Å². The summed E-state index contributed by atoms with van der Waals surface area (Å²) in [5, 5.41) is 9.79. The fourth-order valence-corrected chi connectivity index (χ4v) is 4.11. The van der Waals surface area contributed by atoms with Crippen LogP contribution in [0.5, 0.6) is 0 Å². The van der Waals surface area contributed by atoms with E-state index >= 15 is 0 Å². The van der Waals surface area contributed by atoms with E-state index in [-0.39, 0.29) is 13.2 Å². The first-order valence-corrected chi connectivity index (χ1v) is 10.5. The maximum atomic E-state index is 13.3. The van der Waals surface area contributed by atoms with E-state index in [1.807, 2.05) is 53.2 Å². The quantitative estimate of drug-likeness (QED) is 0.447. The standard InChI is InChI=1S/C23H20ClN5O3/c1-26-20-19(21(31)27(23(26)32)12-5-13-30)28-14-18(15-6-3-2-4-7-15)29(22(28)25-20)17-10-8-16(24)9-11-17/h2-4,6-11,14,30H,5,12-13H2,1H3. The number of rotatable bonds is 5. The smallest absolute Gasteiger partial charge is 0.332 e. The van der Waals surface area contributed by atoms with Crippen LogP contribution in [0.3, 0.4) is 0 Å². The third-order valence-corrected chi connectivity index (χ3v) is 5.80. The van der Waals surface area contributed by atoms with Crippen molar-refractivity contribution in [3.63, 3.8) is 0 Å². The fourth-order valence-electron chi connectivity index (χ4n) is 3.98. The Kier molecular flexibility index (Phi) is 4.96. The van der Waals surface area contributed by atoms with Crippen LogP contribution in [0, 0.1) is 0 Å². The second-order valence-electron chi connectivity index (χ2n) is 7.52. The molecular formula is C23H20ClN5O3. The zero-order chi connectivity index (χ0) is 22.4. The Labute approximate surface area is 187 Å². The molecule has 0 aliphatic rings. The average molecular weight is 450 g/mol. The Bertz CT molecular complexity index is 1560. The van der Waals surface area contributed by atoms with Crippen LogP contribution in [0.4, 0.5) is 0 Å². The van der Waals surface area contributed by atoms with Crippen LogP contribution in [0.25, 0.3) is 33.9 Å². The van der Waals surface area contributed by atoms with E-state index in [9.17, 15) is 14.7 Å². The van der Waals surface area contributed by atoms with Gasteiger partial charge in [-0.15, -0.1) is 0 Å². The molecule has 5 rings (SSSR count). The van der Waals surface area contributed by atoms with Crippen LogP contribution in [0.2, 0.25) is 5.02 Å². The predicted octanol–water partition coefficient (Wildman–Crippen LogP) is 2.84. The molecule has 0 radical (unpaired) electrons. The van der Waals surface area contributed by atoms with Gasteiger partial charge in [-0.2, -0.15) is 4.98 Å². The molecule has 0 saturated carbocycles. The largest absolute Gasteiger partial charge is 0.396 e. The Hall–Kier alpha value is -3.62. The number of hydrogen-bond acceptors (Lipinski definition) is 4. The predicted molar refractivity (Wildman–Crippen MR) is 124 cm³/mol. The van der Waals surface area contributed by atoms with Crippen molar-refractivity contribution in [2.45, 2.75) is 13.0 Å². The number of benzene rings is 2. The second kappa shape index (κ2) is 7.81. The monoisotopic (exact) mass is 449 g/mol. The molecule has 0 amide bonds. The minimum atomic E-state index is -0.460. The average Bonchev–Trinajstić information content (AvgIpc) is 3.35. The van der Waals surface area contributed by atoms with E-state index in [1.165, 1.54) is 4.57 Å². The number of nitrogens with zero attached hydrogens (tertiary/aromatic N) is 5. The fraction of sp³-hybridized carbons (Fsp3) is 0.174. The molecule has 2 aromatic carbocycles. The zero-order valence-electron chi connectivity index (χ0n) is 17.3. The molecule has 0 unspecified atom stereocenters. The van der Waals surface area contributed by atoms with Gasteiger partial charge in [0.2, 0.25) is 5.78 Å². The molecule has 32 heavy (non-hydrogen) atoms. The van der Waals surface area contributed by atoms with Crippen molar-refractivity contribution in [3.05, 3.63) is 86.7 Å². The highest BCUT2D eigenvalue weighted by atomic mass is 35.5. The van der Waals surface area contributed by atoms with Gasteiger partial charge in [0.1, 0.15) is 0 Å². The van der Waals surface area contributed by atoms with E-state index in [2.05, 4.69) is 0 Å². The van der Waals surface area contributed by atoms with Crippen molar-refractivity contribution in [2.24, 2.45) is 7.05 Å². The molecule has 162 valence electrons. The Balaban J connectivity index is 1.90. The SMILES string of the molecule is Cn1c(=O)n(CCCO)c(=O)c2c1nc1n(-c3ccc(Cl)cc3)c(-c3ccccc3)cn21. The summed E-state index contributed by atoms with van der Waals surface area (Å²) in [5.41, 5.74) is 2.33. The molecule has 3 aromatic heterocycles. The molecule has 0 bridgehead atoms. The summed E-state index contributed by atoms with van der Waals surface area (Å²) >= 11 is 6.10. The minimum Gasteiger partial charge on any atom is -0.396 e. The van der Waals surface area contributed by atoms with Crippen molar-refractivity contribution in [1.29, 1.82) is 0 Å². The van der Waals surface area contributed by atoms with E-state index in [0.29, 0.717) is 28.4 Å². The van der Waals surface area contributed by atoms with Gasteiger partial charge in [0, 0.05) is 42.7 Å². The number of aryl methyl sites for hydroxylation is 1. The highest BCUT2D eigenvalue weighted by molar-refractivity contribution is 6.30. The van der Waals surface area contributed by atoms with Gasteiger partial charge in [0.05, 0.1) is 5.69 Å². The summed E-state index contributed by atoms with van der Waals surface area (Å²) in [5.74, 6) is 0.508. The molecule has 0 aliphatic carbocycles. The van der Waals surface area contributed by atoms with Crippen LogP contribution in [-0.2, 0) is 13.6 Å². The van der Waals surface area contributed by atoms with Gasteiger partial charge in [-0.3, -0.25) is 22.9 Å². The number of aromatic nitrogens is 5. The van der Waals surface area contributed by atoms with Gasteiger partial charge >= 0.3 is 5.69 Å². The summed E-state index contributed by atoms with van der Waals surface area (Å²) in [6.45, 7) is 0.0230. The molecule has 8 nitrogen and oxygen atoms in total. The topological polar surface area (TPSA) is 86.5 Å². The number of halogens is 1. The molecule has 0 spiro atoms. The van der Waals surface area contributed by atoms with Crippen molar-refractivity contribution in [3.8, 4) is 16.9 Å². The summed E-state index contributed by atoms with van der Waals surface area (Å²) in [6.07, 6.45) is 2.17. The lowest BCUT2D eigenvalue weighted by atomic mass is 10.1. The third kappa shape index (κ3) is 3.07. The lowest BCUT2D eigenvalue weighted by molar-refractivity contribution is 0.277. The molecule has 9 heteroatoms. The van der Waals surface area contributed by atoms with Gasteiger partial charge in [-0.1, -0.05) is 41.9 Å². The number of imidazole rings is 2. The van der Waals surface area contributed by atoms with Gasteiger partial charge in [0.15, 0.2) is 11.2 Å². The highest BCUT2D eigenvalue weighted by Gasteiger charge is 2.22. The molecule has 0 saturated heterocycles. The number of aliphatic hydroxyl groups is 1. The molecule has 5 aromatic rings. The van der Waals surface area contributed by atoms with Crippen molar-refractivity contribution in [2.75, 3.05) is 6.61 Å². The van der Waals surface area contributed by atoms with E-state index in [0.717, 1.165) is 21.5 Å². The van der Waals surface area contributed by atoms with Crippen LogP contribution in [-0.4, -0.2) is 34.8 Å². The van der Waals surface area contributed by atoms with Crippen LogP contribution in [0.1, 0.15) is 6.42 Å². The van der Waals surface area contributed by atoms with Crippen LogP contribution in [0.15, 0.2) is 70.4 Å². The Morgan fingerprint density at radius 1 is 1.03 bits per heavy atom. The third-order valence-electron chi connectivity index (χ3n) is 5.54. The molecule has 0 fully saturated rings. The molecule has 3 heterocycles. The summed E-state index contributed by atoms with van der Waals surface area (Å²) in [4.78, 5) is 30.8. The molecule has 0 atom stereocenters. The van der Waals surface area contributed by atoms with Crippen LogP contribution < -0.4 is 11.2 Å². The Morgan fingerprint density at radius 2 is 1.75 bits per heavy atom. The highest BCUT2D eigenvalue weighted by Crippen LogP contribution is 2.29. The Morgan fingerprint density at radius 3 is 2.44 bits per heavy atom. The first kappa shape index (κ1) is 20.3. The van der Waals surface area contributed by atoms with Gasteiger partial charge in [-0.25, -0.2) is 4.79 Å². The lowest BCUT2D eigenvalue weighted by Crippen LogP contribution is -2.39. The number of aliphatic hydroxyl groups excluding tert-OH is 1. The van der Waals surface area contributed by atoms with Crippen LogP contribution >= 0.6 is 11.6 Å². The second-order valence-corrected chi connectivity index (χ2v) is 7.96. The summed E-state index contributed by atoms with van der Waals surface area (Å²) in [7, 11) is 1.59. The van der Waals surface area contributed by atoms with Gasteiger partial charge in [-0.05, 0) is 30.7 Å². The first-order valence-electron chi connectivity index (χ1n) is 10.2. The number of fused-ring (bicyclic) bond motifs is 3. The molecular weight excluding hydrogens is 430 g/mol. The van der Waals surface area contributed by atoms with Gasteiger partial charge < -0.3 is 5.11 Å². The maximum absolute atomic E-state index is 13.3. The van der Waals surface area contributed by atoms with E-state index in [4.69, 9.17) is 16.6 Å². The normalized spacial score (nSPS) is 11.6. The van der Waals surface area contributed by atoms with Gasteiger partial charge in [0.25, 0.3) is 5.56 Å². The molecule has 0 aliphatic heterocycles. The maximum Gasteiger partial charge on any atom is 0.332 e. The first-order chi connectivity index (χ1) is 15.5. The van der Waals surface area contributed by atoms with Crippen molar-refractivity contribution >= 4 is 28.5 Å². The molecule has 1 N–H and O–H groups in total. The van der Waals surface area contributed by atoms with E-state index < -0.39 is 11.2 Å². The van der Waals surface area contributed by atoms with E-state index in [1.54, 1.807) is 23.6 Å².